The van der Waals surface area contributed by atoms with Crippen molar-refractivity contribution < 1.29 is 4.39 Å². The Morgan fingerprint density at radius 2 is 2.12 bits per heavy atom. The fourth-order valence-electron chi connectivity index (χ4n) is 2.44. The van der Waals surface area contributed by atoms with Crippen LogP contribution in [0.2, 0.25) is 0 Å². The molecule has 0 aromatic heterocycles. The van der Waals surface area contributed by atoms with Gasteiger partial charge in [0.05, 0.1) is 5.56 Å². The minimum Gasteiger partial charge on any atom is -0.307 e. The number of hydrogen-bond acceptors (Lipinski definition) is 2. The minimum atomic E-state index is -0.440. The maximum atomic E-state index is 13.2. The first-order valence-electron chi connectivity index (χ1n) is 6.16. The molecule has 1 aliphatic carbocycles. The highest BCUT2D eigenvalue weighted by Crippen LogP contribution is 2.23. The summed E-state index contributed by atoms with van der Waals surface area (Å²) in [4.78, 5) is 0. The molecule has 0 amide bonds. The standard InChI is InChI=1S/C14H17FN2/c1-10(17-13-4-2-3-5-13)11-6-7-14(15)12(8-11)9-16/h6-8,10,13,17H,2-5H2,1H3. The number of nitrogens with one attached hydrogen (secondary N) is 1. The molecular weight excluding hydrogens is 215 g/mol. The number of benzene rings is 1. The predicted octanol–water partition coefficient (Wildman–Crippen LogP) is 3.29. The van der Waals surface area contributed by atoms with Crippen molar-refractivity contribution in [1.82, 2.24) is 5.32 Å². The van der Waals surface area contributed by atoms with Gasteiger partial charge in [-0.05, 0) is 37.5 Å². The zero-order valence-corrected chi connectivity index (χ0v) is 10.0. The SMILES string of the molecule is CC(NC1CCCC1)c1ccc(F)c(C#N)c1. The van der Waals surface area contributed by atoms with Gasteiger partial charge in [0, 0.05) is 12.1 Å². The molecule has 90 valence electrons. The van der Waals surface area contributed by atoms with Crippen LogP contribution >= 0.6 is 0 Å². The average molecular weight is 232 g/mol. The van der Waals surface area contributed by atoms with Gasteiger partial charge in [-0.1, -0.05) is 18.9 Å². The molecule has 0 radical (unpaired) electrons. The van der Waals surface area contributed by atoms with Gasteiger partial charge in [0.25, 0.3) is 0 Å². The lowest BCUT2D eigenvalue weighted by Crippen LogP contribution is -2.28. The summed E-state index contributed by atoms with van der Waals surface area (Å²) in [5.41, 5.74) is 1.11. The summed E-state index contributed by atoms with van der Waals surface area (Å²) in [6, 6.07) is 7.39. The quantitative estimate of drug-likeness (QED) is 0.868. The maximum Gasteiger partial charge on any atom is 0.140 e. The summed E-state index contributed by atoms with van der Waals surface area (Å²) in [5, 5.41) is 12.3. The first-order chi connectivity index (χ1) is 8.20. The fourth-order valence-corrected chi connectivity index (χ4v) is 2.44. The highest BCUT2D eigenvalue weighted by atomic mass is 19.1. The van der Waals surface area contributed by atoms with E-state index >= 15 is 0 Å². The molecule has 0 bridgehead atoms. The zero-order chi connectivity index (χ0) is 12.3. The van der Waals surface area contributed by atoms with Crippen molar-refractivity contribution in [1.29, 1.82) is 5.26 Å². The van der Waals surface area contributed by atoms with E-state index in [0.717, 1.165) is 5.56 Å². The zero-order valence-electron chi connectivity index (χ0n) is 10.0. The summed E-state index contributed by atoms with van der Waals surface area (Å²) >= 11 is 0. The van der Waals surface area contributed by atoms with E-state index < -0.39 is 5.82 Å². The van der Waals surface area contributed by atoms with E-state index in [2.05, 4.69) is 12.2 Å². The van der Waals surface area contributed by atoms with Crippen molar-refractivity contribution in [2.24, 2.45) is 0 Å². The van der Waals surface area contributed by atoms with Crippen LogP contribution in [0.4, 0.5) is 4.39 Å². The molecule has 0 aliphatic heterocycles. The van der Waals surface area contributed by atoms with Gasteiger partial charge in [-0.2, -0.15) is 5.26 Å². The Kier molecular flexibility index (Phi) is 3.75. The van der Waals surface area contributed by atoms with Crippen LogP contribution < -0.4 is 5.32 Å². The van der Waals surface area contributed by atoms with Crippen LogP contribution in [-0.2, 0) is 0 Å². The molecule has 3 heteroatoms. The van der Waals surface area contributed by atoms with Gasteiger partial charge in [0.2, 0.25) is 0 Å². The third kappa shape index (κ3) is 2.83. The number of halogens is 1. The number of nitriles is 1. The fraction of sp³-hybridized carbons (Fsp3) is 0.500. The first-order valence-corrected chi connectivity index (χ1v) is 6.16. The highest BCUT2D eigenvalue weighted by molar-refractivity contribution is 5.35. The molecule has 1 saturated carbocycles. The van der Waals surface area contributed by atoms with E-state index in [0.29, 0.717) is 6.04 Å². The van der Waals surface area contributed by atoms with Crippen LogP contribution in [-0.4, -0.2) is 6.04 Å². The van der Waals surface area contributed by atoms with Gasteiger partial charge in [0.15, 0.2) is 0 Å². The Labute approximate surface area is 101 Å². The number of nitrogens with zero attached hydrogens (tertiary/aromatic N) is 1. The summed E-state index contributed by atoms with van der Waals surface area (Å²) < 4.78 is 13.2. The molecule has 1 aliphatic rings. The normalized spacial score (nSPS) is 17.9. The molecule has 1 atom stereocenters. The van der Waals surface area contributed by atoms with Gasteiger partial charge < -0.3 is 5.32 Å². The second-order valence-corrected chi connectivity index (χ2v) is 4.72. The van der Waals surface area contributed by atoms with Crippen LogP contribution in [0.5, 0.6) is 0 Å². The lowest BCUT2D eigenvalue weighted by molar-refractivity contribution is 0.461. The molecule has 0 spiro atoms. The van der Waals surface area contributed by atoms with E-state index in [1.165, 1.54) is 31.7 Å². The van der Waals surface area contributed by atoms with Crippen molar-refractivity contribution in [2.45, 2.75) is 44.7 Å². The van der Waals surface area contributed by atoms with Crippen molar-refractivity contribution in [3.8, 4) is 6.07 Å². The molecule has 2 nitrogen and oxygen atoms in total. The van der Waals surface area contributed by atoms with Gasteiger partial charge >= 0.3 is 0 Å². The molecular formula is C14H17FN2. The molecule has 17 heavy (non-hydrogen) atoms. The van der Waals surface area contributed by atoms with Crippen LogP contribution in [0.25, 0.3) is 0 Å². The smallest absolute Gasteiger partial charge is 0.140 e. The van der Waals surface area contributed by atoms with E-state index in [-0.39, 0.29) is 11.6 Å². The van der Waals surface area contributed by atoms with E-state index in [1.54, 1.807) is 12.1 Å². The lowest BCUT2D eigenvalue weighted by atomic mass is 10.0. The average Bonchev–Trinajstić information content (AvgIpc) is 2.82. The predicted molar refractivity (Wildman–Crippen MR) is 64.9 cm³/mol. The molecule has 0 heterocycles. The molecule has 1 unspecified atom stereocenters. The summed E-state index contributed by atoms with van der Waals surface area (Å²) in [5.74, 6) is -0.440. The molecule has 1 fully saturated rings. The number of hydrogen-bond donors (Lipinski definition) is 1. The Bertz CT molecular complexity index is 430. The van der Waals surface area contributed by atoms with Crippen molar-refractivity contribution >= 4 is 0 Å². The largest absolute Gasteiger partial charge is 0.307 e. The van der Waals surface area contributed by atoms with Crippen LogP contribution in [0.1, 0.15) is 49.8 Å². The highest BCUT2D eigenvalue weighted by Gasteiger charge is 2.18. The summed E-state index contributed by atoms with van der Waals surface area (Å²) in [6.45, 7) is 2.06. The van der Waals surface area contributed by atoms with Crippen LogP contribution in [0.15, 0.2) is 18.2 Å². The Balaban J connectivity index is 2.08. The third-order valence-electron chi connectivity index (χ3n) is 3.45. The van der Waals surface area contributed by atoms with Crippen molar-refractivity contribution in [2.75, 3.05) is 0 Å². The lowest BCUT2D eigenvalue weighted by Gasteiger charge is -2.19. The van der Waals surface area contributed by atoms with Crippen molar-refractivity contribution in [3.05, 3.63) is 35.1 Å². The number of rotatable bonds is 3. The minimum absolute atomic E-state index is 0.127. The summed E-state index contributed by atoms with van der Waals surface area (Å²) in [6.07, 6.45) is 5.02. The topological polar surface area (TPSA) is 35.8 Å². The Hall–Kier alpha value is -1.40. The monoisotopic (exact) mass is 232 g/mol. The molecule has 1 aromatic carbocycles. The van der Waals surface area contributed by atoms with Gasteiger partial charge in [0.1, 0.15) is 11.9 Å². The van der Waals surface area contributed by atoms with Gasteiger partial charge in [-0.3, -0.25) is 0 Å². The van der Waals surface area contributed by atoms with E-state index in [1.807, 2.05) is 6.07 Å². The van der Waals surface area contributed by atoms with Crippen LogP contribution in [0.3, 0.4) is 0 Å². The van der Waals surface area contributed by atoms with Crippen molar-refractivity contribution in [3.63, 3.8) is 0 Å². The summed E-state index contributed by atoms with van der Waals surface area (Å²) in [7, 11) is 0. The van der Waals surface area contributed by atoms with E-state index in [4.69, 9.17) is 5.26 Å². The molecule has 2 rings (SSSR count). The maximum absolute atomic E-state index is 13.2. The van der Waals surface area contributed by atoms with E-state index in [9.17, 15) is 4.39 Å². The Morgan fingerprint density at radius 1 is 1.41 bits per heavy atom. The Morgan fingerprint density at radius 3 is 2.76 bits per heavy atom. The first kappa shape index (κ1) is 12.1. The third-order valence-corrected chi connectivity index (χ3v) is 3.45. The van der Waals surface area contributed by atoms with Gasteiger partial charge in [-0.15, -0.1) is 0 Å². The second kappa shape index (κ2) is 5.29. The molecule has 1 aromatic rings. The molecule has 1 N–H and O–H groups in total. The van der Waals surface area contributed by atoms with Crippen LogP contribution in [0, 0.1) is 17.1 Å². The molecule has 0 saturated heterocycles. The second-order valence-electron chi connectivity index (χ2n) is 4.72. The van der Waals surface area contributed by atoms with Gasteiger partial charge in [-0.25, -0.2) is 4.39 Å².